The Labute approximate surface area is 123 Å². The van der Waals surface area contributed by atoms with Crippen molar-refractivity contribution in [3.8, 4) is 0 Å². The maximum absolute atomic E-state index is 11.8. The SMILES string of the molecule is COC(=O)c1c(C=O)c(C)cn1C/C=C/c1ccccc1. The lowest BCUT2D eigenvalue weighted by Crippen LogP contribution is -2.11. The number of hydrogen-bond acceptors (Lipinski definition) is 3. The van der Waals surface area contributed by atoms with Gasteiger partial charge in [-0.05, 0) is 18.1 Å². The largest absolute Gasteiger partial charge is 0.464 e. The van der Waals surface area contributed by atoms with E-state index in [0.717, 1.165) is 11.1 Å². The minimum absolute atomic E-state index is 0.294. The van der Waals surface area contributed by atoms with Gasteiger partial charge in [0.15, 0.2) is 6.29 Å². The summed E-state index contributed by atoms with van der Waals surface area (Å²) in [5.41, 5.74) is 2.52. The van der Waals surface area contributed by atoms with Crippen molar-refractivity contribution >= 4 is 18.3 Å². The number of aldehydes is 1. The first-order valence-corrected chi connectivity index (χ1v) is 6.62. The van der Waals surface area contributed by atoms with Crippen LogP contribution in [-0.4, -0.2) is 23.9 Å². The quantitative estimate of drug-likeness (QED) is 0.625. The average molecular weight is 283 g/mol. The zero-order chi connectivity index (χ0) is 15.2. The van der Waals surface area contributed by atoms with Gasteiger partial charge >= 0.3 is 5.97 Å². The Kier molecular flexibility index (Phi) is 4.72. The second kappa shape index (κ2) is 6.70. The van der Waals surface area contributed by atoms with Crippen LogP contribution >= 0.6 is 0 Å². The van der Waals surface area contributed by atoms with Gasteiger partial charge in [0, 0.05) is 18.3 Å². The van der Waals surface area contributed by atoms with Gasteiger partial charge in [0.2, 0.25) is 0 Å². The molecule has 1 aromatic heterocycles. The Morgan fingerprint density at radius 2 is 2.00 bits per heavy atom. The summed E-state index contributed by atoms with van der Waals surface area (Å²) in [6.45, 7) is 2.29. The molecule has 4 nitrogen and oxygen atoms in total. The Bertz CT molecular complexity index is 669. The van der Waals surface area contributed by atoms with E-state index in [2.05, 4.69) is 0 Å². The topological polar surface area (TPSA) is 48.3 Å². The number of allylic oxidation sites excluding steroid dienone is 1. The Balaban J connectivity index is 2.26. The second-order valence-electron chi connectivity index (χ2n) is 4.65. The van der Waals surface area contributed by atoms with Gasteiger partial charge in [-0.25, -0.2) is 4.79 Å². The van der Waals surface area contributed by atoms with Gasteiger partial charge in [0.1, 0.15) is 5.69 Å². The van der Waals surface area contributed by atoms with Crippen LogP contribution in [0.25, 0.3) is 6.08 Å². The second-order valence-corrected chi connectivity index (χ2v) is 4.65. The molecule has 0 amide bonds. The number of rotatable bonds is 5. The van der Waals surface area contributed by atoms with Crippen molar-refractivity contribution in [3.05, 3.63) is 65.0 Å². The summed E-state index contributed by atoms with van der Waals surface area (Å²) in [6.07, 6.45) is 6.39. The summed E-state index contributed by atoms with van der Waals surface area (Å²) in [7, 11) is 1.31. The van der Waals surface area contributed by atoms with Crippen LogP contribution in [0.4, 0.5) is 0 Å². The highest BCUT2D eigenvalue weighted by atomic mass is 16.5. The highest BCUT2D eigenvalue weighted by Gasteiger charge is 2.19. The number of ether oxygens (including phenoxy) is 1. The summed E-state index contributed by atoms with van der Waals surface area (Å²) < 4.78 is 6.48. The Morgan fingerprint density at radius 1 is 1.29 bits per heavy atom. The smallest absolute Gasteiger partial charge is 0.355 e. The molecule has 4 heteroatoms. The van der Waals surface area contributed by atoms with Crippen molar-refractivity contribution < 1.29 is 14.3 Å². The monoisotopic (exact) mass is 283 g/mol. The molecular formula is C17H17NO3. The number of aryl methyl sites for hydroxylation is 1. The van der Waals surface area contributed by atoms with E-state index < -0.39 is 5.97 Å². The van der Waals surface area contributed by atoms with Crippen molar-refractivity contribution in [2.24, 2.45) is 0 Å². The first kappa shape index (κ1) is 14.8. The number of benzene rings is 1. The van der Waals surface area contributed by atoms with Crippen LogP contribution in [0.15, 0.2) is 42.6 Å². The fraction of sp³-hybridized carbons (Fsp3) is 0.176. The molecule has 0 atom stereocenters. The van der Waals surface area contributed by atoms with E-state index in [1.807, 2.05) is 42.5 Å². The number of hydrogen-bond donors (Lipinski definition) is 0. The molecule has 0 aliphatic heterocycles. The number of carbonyl (C=O) groups excluding carboxylic acids is 2. The lowest BCUT2D eigenvalue weighted by atomic mass is 10.2. The first-order valence-electron chi connectivity index (χ1n) is 6.62. The minimum atomic E-state index is -0.502. The Hall–Kier alpha value is -2.62. The van der Waals surface area contributed by atoms with Gasteiger partial charge in [-0.15, -0.1) is 0 Å². The molecule has 1 aromatic carbocycles. The molecule has 21 heavy (non-hydrogen) atoms. The van der Waals surface area contributed by atoms with Gasteiger partial charge in [-0.1, -0.05) is 42.5 Å². The average Bonchev–Trinajstić information content (AvgIpc) is 2.83. The molecule has 0 aliphatic rings. The third-order valence-electron chi connectivity index (χ3n) is 3.23. The van der Waals surface area contributed by atoms with Crippen molar-refractivity contribution in [1.29, 1.82) is 0 Å². The van der Waals surface area contributed by atoms with E-state index in [-0.39, 0.29) is 0 Å². The minimum Gasteiger partial charge on any atom is -0.464 e. The zero-order valence-corrected chi connectivity index (χ0v) is 12.1. The third-order valence-corrected chi connectivity index (χ3v) is 3.23. The van der Waals surface area contributed by atoms with E-state index in [4.69, 9.17) is 4.74 Å². The molecule has 2 aromatic rings. The van der Waals surface area contributed by atoms with E-state index in [9.17, 15) is 9.59 Å². The molecule has 0 radical (unpaired) electrons. The number of esters is 1. The molecule has 2 rings (SSSR count). The molecule has 0 aliphatic carbocycles. The van der Waals surface area contributed by atoms with E-state index in [1.54, 1.807) is 17.7 Å². The Morgan fingerprint density at radius 3 is 2.62 bits per heavy atom. The fourth-order valence-electron chi connectivity index (χ4n) is 2.19. The number of aromatic nitrogens is 1. The maximum atomic E-state index is 11.8. The molecule has 1 heterocycles. The molecule has 0 spiro atoms. The molecule has 0 unspecified atom stereocenters. The van der Waals surface area contributed by atoms with Gasteiger partial charge in [-0.3, -0.25) is 4.79 Å². The lowest BCUT2D eigenvalue weighted by Gasteiger charge is -2.05. The van der Waals surface area contributed by atoms with Crippen LogP contribution in [0.2, 0.25) is 0 Å². The molecule has 0 N–H and O–H groups in total. The van der Waals surface area contributed by atoms with Crippen molar-refractivity contribution in [3.63, 3.8) is 0 Å². The molecule has 0 saturated heterocycles. The van der Waals surface area contributed by atoms with Crippen molar-refractivity contribution in [2.45, 2.75) is 13.5 Å². The van der Waals surface area contributed by atoms with Crippen LogP contribution in [0.5, 0.6) is 0 Å². The summed E-state index contributed by atoms with van der Waals surface area (Å²) in [4.78, 5) is 23.0. The van der Waals surface area contributed by atoms with Crippen LogP contribution < -0.4 is 0 Å². The van der Waals surface area contributed by atoms with Gasteiger partial charge in [0.25, 0.3) is 0 Å². The molecule has 0 fully saturated rings. The van der Waals surface area contributed by atoms with Crippen molar-refractivity contribution in [1.82, 2.24) is 4.57 Å². The predicted octanol–water partition coefficient (Wildman–Crippen LogP) is 3.11. The molecular weight excluding hydrogens is 266 g/mol. The van der Waals surface area contributed by atoms with Crippen molar-refractivity contribution in [2.75, 3.05) is 7.11 Å². The highest BCUT2D eigenvalue weighted by Crippen LogP contribution is 2.16. The standard InChI is InChI=1S/C17H17NO3/c1-13-11-18(16(15(13)12-19)17(20)21-2)10-6-9-14-7-4-3-5-8-14/h3-9,11-12H,10H2,1-2H3/b9-6+. The van der Waals surface area contributed by atoms with Gasteiger partial charge < -0.3 is 9.30 Å². The number of carbonyl (C=O) groups is 2. The summed E-state index contributed by atoms with van der Waals surface area (Å²) >= 11 is 0. The summed E-state index contributed by atoms with van der Waals surface area (Å²) in [5.74, 6) is -0.502. The summed E-state index contributed by atoms with van der Waals surface area (Å²) in [5, 5.41) is 0. The fourth-order valence-corrected chi connectivity index (χ4v) is 2.19. The zero-order valence-electron chi connectivity index (χ0n) is 12.1. The number of methoxy groups -OCH3 is 1. The predicted molar refractivity (Wildman–Crippen MR) is 81.4 cm³/mol. The lowest BCUT2D eigenvalue weighted by molar-refractivity contribution is 0.0586. The highest BCUT2D eigenvalue weighted by molar-refractivity contribution is 5.98. The number of nitrogens with zero attached hydrogens (tertiary/aromatic N) is 1. The van der Waals surface area contributed by atoms with Crippen LogP contribution in [-0.2, 0) is 11.3 Å². The van der Waals surface area contributed by atoms with Gasteiger partial charge in [-0.2, -0.15) is 0 Å². The summed E-state index contributed by atoms with van der Waals surface area (Å²) in [6, 6.07) is 9.87. The molecule has 0 saturated carbocycles. The van der Waals surface area contributed by atoms with Crippen LogP contribution in [0.3, 0.4) is 0 Å². The third kappa shape index (κ3) is 3.28. The van der Waals surface area contributed by atoms with E-state index in [0.29, 0.717) is 24.1 Å². The molecule has 0 bridgehead atoms. The normalized spacial score (nSPS) is 10.8. The molecule has 108 valence electrons. The van der Waals surface area contributed by atoms with E-state index >= 15 is 0 Å². The van der Waals surface area contributed by atoms with E-state index in [1.165, 1.54) is 7.11 Å². The van der Waals surface area contributed by atoms with Crippen LogP contribution in [0, 0.1) is 6.92 Å². The van der Waals surface area contributed by atoms with Gasteiger partial charge in [0.05, 0.1) is 7.11 Å². The first-order chi connectivity index (χ1) is 10.2. The van der Waals surface area contributed by atoms with Crippen LogP contribution in [0.1, 0.15) is 32.0 Å². The maximum Gasteiger partial charge on any atom is 0.355 e.